The van der Waals surface area contributed by atoms with Crippen molar-refractivity contribution in [3.05, 3.63) is 41.7 Å². The number of carbonyl (C=O) groups excluding carboxylic acids is 1. The van der Waals surface area contributed by atoms with Gasteiger partial charge in [0.05, 0.1) is 10.6 Å². The maximum absolute atomic E-state index is 12.4. The first-order chi connectivity index (χ1) is 11.7. The minimum absolute atomic E-state index is 0.0893. The Labute approximate surface area is 148 Å². The molecule has 136 valence electrons. The van der Waals surface area contributed by atoms with Crippen LogP contribution < -0.4 is 10.0 Å². The highest BCUT2D eigenvalue weighted by atomic mass is 32.2. The van der Waals surface area contributed by atoms with Crippen LogP contribution in [0, 0.1) is 19.8 Å². The topological polar surface area (TPSA) is 93.1 Å². The van der Waals surface area contributed by atoms with Gasteiger partial charge in [-0.05, 0) is 50.1 Å². The minimum Gasteiger partial charge on any atom is -0.326 e. The van der Waals surface area contributed by atoms with Crippen molar-refractivity contribution in [2.45, 2.75) is 39.1 Å². The summed E-state index contributed by atoms with van der Waals surface area (Å²) in [4.78, 5) is 11.2. The molecule has 1 atom stereocenters. The van der Waals surface area contributed by atoms with Gasteiger partial charge >= 0.3 is 0 Å². The van der Waals surface area contributed by atoms with E-state index in [-0.39, 0.29) is 16.7 Å². The number of hydrogen-bond donors (Lipinski definition) is 2. The first-order valence-corrected chi connectivity index (χ1v) is 9.54. The Morgan fingerprint density at radius 1 is 1.24 bits per heavy atom. The second kappa shape index (κ2) is 7.79. The van der Waals surface area contributed by atoms with Gasteiger partial charge < -0.3 is 5.32 Å². The number of carbonyl (C=O) groups is 1. The van der Waals surface area contributed by atoms with E-state index in [2.05, 4.69) is 15.1 Å². The van der Waals surface area contributed by atoms with Crippen molar-refractivity contribution in [3.63, 3.8) is 0 Å². The highest BCUT2D eigenvalue weighted by Crippen LogP contribution is 2.14. The molecule has 0 aliphatic rings. The molecular formula is C17H24N4O3S. The van der Waals surface area contributed by atoms with E-state index in [1.165, 1.54) is 19.1 Å². The molecule has 1 amide bonds. The van der Waals surface area contributed by atoms with Crippen LogP contribution in [0.1, 0.15) is 25.2 Å². The number of aryl methyl sites for hydroxylation is 2. The summed E-state index contributed by atoms with van der Waals surface area (Å²) in [5, 5.41) is 7.00. The van der Waals surface area contributed by atoms with Gasteiger partial charge in [-0.15, -0.1) is 0 Å². The van der Waals surface area contributed by atoms with Gasteiger partial charge in [0.25, 0.3) is 0 Å². The van der Waals surface area contributed by atoms with Crippen LogP contribution >= 0.6 is 0 Å². The van der Waals surface area contributed by atoms with Crippen LogP contribution in [0.2, 0.25) is 0 Å². The van der Waals surface area contributed by atoms with Crippen molar-refractivity contribution in [2.75, 3.05) is 11.9 Å². The number of anilines is 1. The summed E-state index contributed by atoms with van der Waals surface area (Å²) in [6.45, 7) is 8.24. The van der Waals surface area contributed by atoms with E-state index in [1.807, 2.05) is 31.5 Å². The van der Waals surface area contributed by atoms with Gasteiger partial charge in [0.2, 0.25) is 15.9 Å². The third-order valence-corrected chi connectivity index (χ3v) is 5.13. The largest absolute Gasteiger partial charge is 0.326 e. The number of rotatable bonds is 7. The summed E-state index contributed by atoms with van der Waals surface area (Å²) >= 11 is 0. The van der Waals surface area contributed by atoms with E-state index in [1.54, 1.807) is 12.1 Å². The molecule has 0 spiro atoms. The summed E-state index contributed by atoms with van der Waals surface area (Å²) < 4.78 is 29.3. The quantitative estimate of drug-likeness (QED) is 0.786. The van der Waals surface area contributed by atoms with Crippen LogP contribution in [0.15, 0.2) is 35.2 Å². The minimum atomic E-state index is -3.59. The molecule has 1 aromatic heterocycles. The van der Waals surface area contributed by atoms with Gasteiger partial charge in [-0.3, -0.25) is 9.48 Å². The Balaban J connectivity index is 1.96. The predicted molar refractivity (Wildman–Crippen MR) is 96.8 cm³/mol. The number of nitrogens with one attached hydrogen (secondary N) is 2. The first kappa shape index (κ1) is 19.1. The molecule has 25 heavy (non-hydrogen) atoms. The Morgan fingerprint density at radius 2 is 1.88 bits per heavy atom. The van der Waals surface area contributed by atoms with Crippen molar-refractivity contribution in [1.29, 1.82) is 0 Å². The Kier molecular flexibility index (Phi) is 5.97. The summed E-state index contributed by atoms with van der Waals surface area (Å²) in [6, 6.07) is 8.07. The van der Waals surface area contributed by atoms with Gasteiger partial charge in [-0.1, -0.05) is 6.92 Å². The number of benzene rings is 1. The molecule has 1 heterocycles. The fourth-order valence-corrected chi connectivity index (χ4v) is 3.64. The molecule has 2 N–H and O–H groups in total. The maximum Gasteiger partial charge on any atom is 0.240 e. The zero-order valence-corrected chi connectivity index (χ0v) is 15.7. The van der Waals surface area contributed by atoms with Crippen molar-refractivity contribution >= 4 is 21.6 Å². The van der Waals surface area contributed by atoms with E-state index < -0.39 is 10.0 Å². The normalized spacial score (nSPS) is 12.8. The summed E-state index contributed by atoms with van der Waals surface area (Å²) in [6.07, 6.45) is 0. The molecule has 8 heteroatoms. The third kappa shape index (κ3) is 5.40. The monoisotopic (exact) mass is 364 g/mol. The predicted octanol–water partition coefficient (Wildman–Crippen LogP) is 2.07. The van der Waals surface area contributed by atoms with Crippen LogP contribution in [-0.2, 0) is 21.4 Å². The Hall–Kier alpha value is -2.19. The van der Waals surface area contributed by atoms with Crippen LogP contribution in [0.3, 0.4) is 0 Å². The molecule has 0 saturated carbocycles. The zero-order valence-electron chi connectivity index (χ0n) is 14.9. The Bertz CT molecular complexity index is 841. The molecular weight excluding hydrogens is 340 g/mol. The van der Waals surface area contributed by atoms with Crippen LogP contribution in [-0.4, -0.2) is 30.7 Å². The second-order valence-corrected chi connectivity index (χ2v) is 8.04. The summed E-state index contributed by atoms with van der Waals surface area (Å²) in [7, 11) is -3.59. The molecule has 2 aromatic rings. The number of aromatic nitrogens is 2. The number of sulfonamides is 1. The average molecular weight is 364 g/mol. The standard InChI is InChI=1S/C17H24N4O3S/c1-12(11-21-14(3)9-13(2)20-21)10-18-25(23,24)17-7-5-16(6-8-17)19-15(4)22/h5-9,12,18H,10-11H2,1-4H3,(H,19,22)/t12-/m0/s1. The van der Waals surface area contributed by atoms with Crippen molar-refractivity contribution in [2.24, 2.45) is 5.92 Å². The third-order valence-electron chi connectivity index (χ3n) is 3.69. The van der Waals surface area contributed by atoms with Crippen molar-refractivity contribution in [1.82, 2.24) is 14.5 Å². The number of amides is 1. The lowest BCUT2D eigenvalue weighted by Crippen LogP contribution is -2.30. The molecule has 1 aromatic carbocycles. The summed E-state index contributed by atoms with van der Waals surface area (Å²) in [5.41, 5.74) is 2.56. The lowest BCUT2D eigenvalue weighted by atomic mass is 10.2. The van der Waals surface area contributed by atoms with Crippen LogP contribution in [0.5, 0.6) is 0 Å². The van der Waals surface area contributed by atoms with Crippen molar-refractivity contribution in [3.8, 4) is 0 Å². The van der Waals surface area contributed by atoms with Gasteiger partial charge in [0.15, 0.2) is 0 Å². The molecule has 0 bridgehead atoms. The van der Waals surface area contributed by atoms with Crippen LogP contribution in [0.4, 0.5) is 5.69 Å². The zero-order chi connectivity index (χ0) is 18.6. The van der Waals surface area contributed by atoms with Crippen molar-refractivity contribution < 1.29 is 13.2 Å². The van der Waals surface area contributed by atoms with Gasteiger partial charge in [-0.25, -0.2) is 13.1 Å². The first-order valence-electron chi connectivity index (χ1n) is 8.06. The molecule has 0 saturated heterocycles. The molecule has 0 aliphatic heterocycles. The number of hydrogen-bond acceptors (Lipinski definition) is 4. The molecule has 2 rings (SSSR count). The van der Waals surface area contributed by atoms with Gasteiger partial charge in [0, 0.05) is 31.4 Å². The Morgan fingerprint density at radius 3 is 2.40 bits per heavy atom. The average Bonchev–Trinajstić information content (AvgIpc) is 2.83. The van der Waals surface area contributed by atoms with E-state index in [4.69, 9.17) is 0 Å². The maximum atomic E-state index is 12.4. The van der Waals surface area contributed by atoms with E-state index in [0.29, 0.717) is 18.8 Å². The highest BCUT2D eigenvalue weighted by molar-refractivity contribution is 7.89. The lowest BCUT2D eigenvalue weighted by molar-refractivity contribution is -0.114. The number of nitrogens with zero attached hydrogens (tertiary/aromatic N) is 2. The fourth-order valence-electron chi connectivity index (χ4n) is 2.48. The second-order valence-electron chi connectivity index (χ2n) is 6.27. The summed E-state index contributed by atoms with van der Waals surface area (Å²) in [5.74, 6) is -0.113. The van der Waals surface area contributed by atoms with Gasteiger partial charge in [-0.2, -0.15) is 5.10 Å². The molecule has 0 fully saturated rings. The highest BCUT2D eigenvalue weighted by Gasteiger charge is 2.16. The molecule has 0 radical (unpaired) electrons. The SMILES string of the molecule is CC(=O)Nc1ccc(S(=O)(=O)NC[C@H](C)Cn2nc(C)cc2C)cc1. The molecule has 0 aliphatic carbocycles. The van der Waals surface area contributed by atoms with E-state index in [0.717, 1.165) is 11.4 Å². The lowest BCUT2D eigenvalue weighted by Gasteiger charge is -2.14. The fraction of sp³-hybridized carbons (Fsp3) is 0.412. The van der Waals surface area contributed by atoms with Crippen LogP contribution in [0.25, 0.3) is 0 Å². The molecule has 7 nitrogen and oxygen atoms in total. The van der Waals surface area contributed by atoms with Gasteiger partial charge in [0.1, 0.15) is 0 Å². The van der Waals surface area contributed by atoms with E-state index in [9.17, 15) is 13.2 Å². The van der Waals surface area contributed by atoms with E-state index >= 15 is 0 Å². The smallest absolute Gasteiger partial charge is 0.240 e. The molecule has 0 unspecified atom stereocenters.